The van der Waals surface area contributed by atoms with Crippen LogP contribution in [-0.2, 0) is 16.0 Å². The first kappa shape index (κ1) is 10.3. The molecule has 0 aliphatic carbocycles. The Hall–Kier alpha value is -1.82. The van der Waals surface area contributed by atoms with E-state index in [0.717, 1.165) is 11.1 Å². The standard InChI is InChI=1S/C11H11NO2/c1-9-3-2-4-10(7-9)8-11(13)14-6-5-12/h2-4,7H,6,8H2,1H3. The van der Waals surface area contributed by atoms with Crippen LogP contribution in [0.1, 0.15) is 11.1 Å². The maximum Gasteiger partial charge on any atom is 0.311 e. The first-order valence-electron chi connectivity index (χ1n) is 4.30. The quantitative estimate of drug-likeness (QED) is 0.678. The largest absolute Gasteiger partial charge is 0.450 e. The molecule has 0 aliphatic heterocycles. The van der Waals surface area contributed by atoms with Gasteiger partial charge in [-0.3, -0.25) is 4.79 Å². The molecule has 0 unspecified atom stereocenters. The van der Waals surface area contributed by atoms with Crippen molar-refractivity contribution in [2.24, 2.45) is 0 Å². The summed E-state index contributed by atoms with van der Waals surface area (Å²) in [5.41, 5.74) is 2.02. The highest BCUT2D eigenvalue weighted by atomic mass is 16.5. The predicted molar refractivity (Wildman–Crippen MR) is 51.5 cm³/mol. The average molecular weight is 189 g/mol. The Morgan fingerprint density at radius 2 is 2.36 bits per heavy atom. The zero-order chi connectivity index (χ0) is 10.4. The molecule has 0 radical (unpaired) electrons. The van der Waals surface area contributed by atoms with Gasteiger partial charge in [0.15, 0.2) is 6.61 Å². The van der Waals surface area contributed by atoms with E-state index in [1.807, 2.05) is 31.2 Å². The summed E-state index contributed by atoms with van der Waals surface area (Å²) in [4.78, 5) is 11.1. The Labute approximate surface area is 82.9 Å². The lowest BCUT2D eigenvalue weighted by molar-refractivity contribution is -0.141. The van der Waals surface area contributed by atoms with Gasteiger partial charge in [-0.15, -0.1) is 0 Å². The van der Waals surface area contributed by atoms with Crippen LogP contribution in [0.5, 0.6) is 0 Å². The van der Waals surface area contributed by atoms with E-state index >= 15 is 0 Å². The molecular weight excluding hydrogens is 178 g/mol. The topological polar surface area (TPSA) is 50.1 Å². The number of carbonyl (C=O) groups is 1. The van der Waals surface area contributed by atoms with E-state index < -0.39 is 0 Å². The van der Waals surface area contributed by atoms with Crippen LogP contribution in [0, 0.1) is 18.3 Å². The number of carbonyl (C=O) groups excluding carboxylic acids is 1. The zero-order valence-corrected chi connectivity index (χ0v) is 7.99. The summed E-state index contributed by atoms with van der Waals surface area (Å²) < 4.78 is 4.63. The lowest BCUT2D eigenvalue weighted by Crippen LogP contribution is -2.08. The number of hydrogen-bond acceptors (Lipinski definition) is 3. The molecule has 0 bridgehead atoms. The predicted octanol–water partition coefficient (Wildman–Crippen LogP) is 1.60. The third kappa shape index (κ3) is 3.28. The Kier molecular flexibility index (Phi) is 3.69. The van der Waals surface area contributed by atoms with Crippen molar-refractivity contribution >= 4 is 5.97 Å². The summed E-state index contributed by atoms with van der Waals surface area (Å²) >= 11 is 0. The Bertz CT molecular complexity index is 366. The van der Waals surface area contributed by atoms with Crippen LogP contribution in [0.4, 0.5) is 0 Å². The molecule has 3 heteroatoms. The van der Waals surface area contributed by atoms with E-state index in [1.165, 1.54) is 0 Å². The number of rotatable bonds is 3. The van der Waals surface area contributed by atoms with Gasteiger partial charge in [0.05, 0.1) is 6.42 Å². The van der Waals surface area contributed by atoms with Gasteiger partial charge in [0.2, 0.25) is 0 Å². The van der Waals surface area contributed by atoms with Gasteiger partial charge >= 0.3 is 5.97 Å². The number of ether oxygens (including phenoxy) is 1. The third-order valence-electron chi connectivity index (χ3n) is 1.73. The van der Waals surface area contributed by atoms with E-state index in [4.69, 9.17) is 5.26 Å². The van der Waals surface area contributed by atoms with Crippen molar-refractivity contribution < 1.29 is 9.53 Å². The number of nitrogens with zero attached hydrogens (tertiary/aromatic N) is 1. The van der Waals surface area contributed by atoms with E-state index in [2.05, 4.69) is 4.74 Å². The normalized spacial score (nSPS) is 9.14. The highest BCUT2D eigenvalue weighted by molar-refractivity contribution is 5.72. The van der Waals surface area contributed by atoms with Crippen LogP contribution in [0.2, 0.25) is 0 Å². The summed E-state index contributed by atoms with van der Waals surface area (Å²) in [6, 6.07) is 9.39. The molecule has 0 aromatic heterocycles. The molecule has 0 aliphatic rings. The Morgan fingerprint density at radius 1 is 1.57 bits per heavy atom. The number of nitriles is 1. The van der Waals surface area contributed by atoms with Crippen LogP contribution in [0.15, 0.2) is 24.3 Å². The fourth-order valence-corrected chi connectivity index (χ4v) is 1.15. The fourth-order valence-electron chi connectivity index (χ4n) is 1.15. The molecule has 0 N–H and O–H groups in total. The molecule has 0 heterocycles. The van der Waals surface area contributed by atoms with Crippen molar-refractivity contribution in [2.45, 2.75) is 13.3 Å². The number of hydrogen-bond donors (Lipinski definition) is 0. The monoisotopic (exact) mass is 189 g/mol. The molecule has 3 nitrogen and oxygen atoms in total. The summed E-state index contributed by atoms with van der Waals surface area (Å²) in [5, 5.41) is 8.20. The van der Waals surface area contributed by atoms with Crippen molar-refractivity contribution in [3.8, 4) is 6.07 Å². The van der Waals surface area contributed by atoms with Gasteiger partial charge in [-0.2, -0.15) is 5.26 Å². The van der Waals surface area contributed by atoms with Crippen LogP contribution in [0.3, 0.4) is 0 Å². The van der Waals surface area contributed by atoms with E-state index in [1.54, 1.807) is 6.07 Å². The summed E-state index contributed by atoms with van der Waals surface area (Å²) in [6.45, 7) is 1.79. The van der Waals surface area contributed by atoms with E-state index in [9.17, 15) is 4.79 Å². The molecule has 0 amide bonds. The van der Waals surface area contributed by atoms with Crippen LogP contribution in [-0.4, -0.2) is 12.6 Å². The average Bonchev–Trinajstić information content (AvgIpc) is 2.15. The van der Waals surface area contributed by atoms with Crippen molar-refractivity contribution in [1.29, 1.82) is 5.26 Å². The molecule has 1 aromatic rings. The Morgan fingerprint density at radius 3 is 3.00 bits per heavy atom. The number of aryl methyl sites for hydroxylation is 1. The SMILES string of the molecule is Cc1cccc(CC(=O)OCC#N)c1. The molecule has 0 saturated carbocycles. The van der Waals surface area contributed by atoms with Crippen LogP contribution >= 0.6 is 0 Å². The number of esters is 1. The first-order chi connectivity index (χ1) is 6.72. The molecule has 0 fully saturated rings. The summed E-state index contributed by atoms with van der Waals surface area (Å²) in [6.07, 6.45) is 0.226. The van der Waals surface area contributed by atoms with Crippen molar-refractivity contribution in [1.82, 2.24) is 0 Å². The molecule has 1 rings (SSSR count). The molecular formula is C11H11NO2. The smallest absolute Gasteiger partial charge is 0.311 e. The summed E-state index contributed by atoms with van der Waals surface area (Å²) in [7, 11) is 0. The van der Waals surface area contributed by atoms with Crippen LogP contribution < -0.4 is 0 Å². The van der Waals surface area contributed by atoms with Gasteiger partial charge in [-0.25, -0.2) is 0 Å². The van der Waals surface area contributed by atoms with Crippen LogP contribution in [0.25, 0.3) is 0 Å². The highest BCUT2D eigenvalue weighted by Gasteiger charge is 2.03. The van der Waals surface area contributed by atoms with E-state index in [0.29, 0.717) is 0 Å². The van der Waals surface area contributed by atoms with Crippen molar-refractivity contribution in [2.75, 3.05) is 6.61 Å². The molecule has 14 heavy (non-hydrogen) atoms. The van der Waals surface area contributed by atoms with Crippen molar-refractivity contribution in [3.63, 3.8) is 0 Å². The second kappa shape index (κ2) is 5.03. The second-order valence-corrected chi connectivity index (χ2v) is 2.98. The molecule has 0 saturated heterocycles. The van der Waals surface area contributed by atoms with E-state index in [-0.39, 0.29) is 19.0 Å². The molecule has 72 valence electrons. The third-order valence-corrected chi connectivity index (χ3v) is 1.73. The number of benzene rings is 1. The minimum atomic E-state index is -0.364. The minimum Gasteiger partial charge on any atom is -0.450 e. The van der Waals surface area contributed by atoms with Gasteiger partial charge in [0.1, 0.15) is 6.07 Å². The first-order valence-corrected chi connectivity index (χ1v) is 4.30. The molecule has 0 atom stereocenters. The minimum absolute atomic E-state index is 0.176. The van der Waals surface area contributed by atoms with Gasteiger partial charge < -0.3 is 4.74 Å². The molecule has 0 spiro atoms. The highest BCUT2D eigenvalue weighted by Crippen LogP contribution is 2.05. The van der Waals surface area contributed by atoms with Crippen molar-refractivity contribution in [3.05, 3.63) is 35.4 Å². The van der Waals surface area contributed by atoms with Gasteiger partial charge in [-0.05, 0) is 12.5 Å². The maximum absolute atomic E-state index is 11.1. The zero-order valence-electron chi connectivity index (χ0n) is 7.99. The summed E-state index contributed by atoms with van der Waals surface area (Å²) in [5.74, 6) is -0.364. The lowest BCUT2D eigenvalue weighted by Gasteiger charge is -2.01. The Balaban J connectivity index is 2.53. The van der Waals surface area contributed by atoms with Gasteiger partial charge in [0, 0.05) is 0 Å². The molecule has 1 aromatic carbocycles. The second-order valence-electron chi connectivity index (χ2n) is 2.98. The fraction of sp³-hybridized carbons (Fsp3) is 0.273. The van der Waals surface area contributed by atoms with Gasteiger partial charge in [-0.1, -0.05) is 29.8 Å². The maximum atomic E-state index is 11.1. The van der Waals surface area contributed by atoms with Gasteiger partial charge in [0.25, 0.3) is 0 Å². The lowest BCUT2D eigenvalue weighted by atomic mass is 10.1.